The van der Waals surface area contributed by atoms with Crippen molar-refractivity contribution in [2.45, 2.75) is 20.0 Å². The largest absolute Gasteiger partial charge is 0.322 e. The lowest BCUT2D eigenvalue weighted by molar-refractivity contribution is -0.116. The van der Waals surface area contributed by atoms with Crippen LogP contribution in [0.3, 0.4) is 0 Å². The number of nitrogens with one attached hydrogen (secondary N) is 1. The maximum atomic E-state index is 13.1. The van der Waals surface area contributed by atoms with Crippen LogP contribution in [-0.4, -0.2) is 25.5 Å². The van der Waals surface area contributed by atoms with Crippen molar-refractivity contribution in [3.8, 4) is 0 Å². The van der Waals surface area contributed by atoms with Crippen molar-refractivity contribution in [2.24, 2.45) is 0 Å². The molecule has 0 radical (unpaired) electrons. The van der Waals surface area contributed by atoms with Crippen molar-refractivity contribution in [2.75, 3.05) is 5.32 Å². The highest BCUT2D eigenvalue weighted by Gasteiger charge is 2.09. The summed E-state index contributed by atoms with van der Waals surface area (Å²) < 4.78 is 16.1. The van der Waals surface area contributed by atoms with E-state index in [1.54, 1.807) is 30.1 Å². The number of carbonyl (C=O) groups is 1. The molecular weight excluding hydrogens is 368 g/mol. The maximum Gasteiger partial charge on any atom is 0.246 e. The highest BCUT2D eigenvalue weighted by molar-refractivity contribution is 6.31. The fourth-order valence-corrected chi connectivity index (χ4v) is 2.64. The van der Waals surface area contributed by atoms with Gasteiger partial charge in [-0.25, -0.2) is 4.39 Å². The average Bonchev–Trinajstić information content (AvgIpc) is 3.09. The normalized spacial score (nSPS) is 10.9. The second-order valence-corrected chi connectivity index (χ2v) is 6.28. The molecule has 0 aliphatic carbocycles. The van der Waals surface area contributed by atoms with Crippen molar-refractivity contribution in [1.29, 1.82) is 0 Å². The minimum absolute atomic E-state index is 0.0442. The van der Waals surface area contributed by atoms with Crippen molar-refractivity contribution in [3.05, 3.63) is 63.9 Å². The van der Waals surface area contributed by atoms with Crippen LogP contribution in [0.4, 0.5) is 10.1 Å². The second-order valence-electron chi connectivity index (χ2n) is 5.47. The van der Waals surface area contributed by atoms with E-state index in [1.165, 1.54) is 23.0 Å². The number of carbonyl (C=O) groups excluding carboxylic acids is 1. The first kappa shape index (κ1) is 17.4. The molecule has 1 amide bonds. The average molecular weight is 382 g/mol. The van der Waals surface area contributed by atoms with Crippen molar-refractivity contribution < 1.29 is 9.18 Å². The Bertz CT molecular complexity index is 902. The molecule has 2 heterocycles. The van der Waals surface area contributed by atoms with Crippen LogP contribution in [0, 0.1) is 12.7 Å². The summed E-state index contributed by atoms with van der Waals surface area (Å²) in [6, 6.07) is 4.19. The Labute approximate surface area is 153 Å². The quantitative estimate of drug-likeness (QED) is 0.735. The topological polar surface area (TPSA) is 64.7 Å². The van der Waals surface area contributed by atoms with E-state index in [0.717, 1.165) is 5.56 Å². The van der Waals surface area contributed by atoms with E-state index < -0.39 is 5.82 Å². The van der Waals surface area contributed by atoms with Crippen LogP contribution >= 0.6 is 23.2 Å². The van der Waals surface area contributed by atoms with Gasteiger partial charge < -0.3 is 5.32 Å². The van der Waals surface area contributed by atoms with Gasteiger partial charge >= 0.3 is 0 Å². The Hall–Kier alpha value is -2.38. The van der Waals surface area contributed by atoms with Gasteiger partial charge in [0.2, 0.25) is 5.91 Å². The molecule has 1 N–H and O–H groups in total. The Morgan fingerprint density at radius 1 is 1.24 bits per heavy atom. The summed E-state index contributed by atoms with van der Waals surface area (Å²) in [7, 11) is 0. The predicted octanol–water partition coefficient (Wildman–Crippen LogP) is 3.52. The third-order valence-electron chi connectivity index (χ3n) is 3.46. The summed E-state index contributed by atoms with van der Waals surface area (Å²) in [5.74, 6) is -0.644. The number of aryl methyl sites for hydroxylation is 1. The first-order valence-electron chi connectivity index (χ1n) is 7.36. The number of amides is 1. The molecule has 130 valence electrons. The van der Waals surface area contributed by atoms with Crippen molar-refractivity contribution >= 4 is 34.8 Å². The molecule has 0 bridgehead atoms. The van der Waals surface area contributed by atoms with Crippen LogP contribution in [0.15, 0.2) is 36.8 Å². The molecule has 0 unspecified atom stereocenters. The van der Waals surface area contributed by atoms with Gasteiger partial charge in [-0.05, 0) is 24.6 Å². The summed E-state index contributed by atoms with van der Waals surface area (Å²) >= 11 is 11.9. The van der Waals surface area contributed by atoms with Crippen LogP contribution in [0.5, 0.6) is 0 Å². The Kier molecular flexibility index (Phi) is 5.06. The van der Waals surface area contributed by atoms with Gasteiger partial charge in [-0.2, -0.15) is 10.2 Å². The van der Waals surface area contributed by atoms with Crippen LogP contribution in [0.1, 0.15) is 11.3 Å². The maximum absolute atomic E-state index is 13.1. The van der Waals surface area contributed by atoms with Crippen LogP contribution in [-0.2, 0) is 17.9 Å². The van der Waals surface area contributed by atoms with Crippen LogP contribution in [0.2, 0.25) is 10.0 Å². The molecule has 3 aromatic rings. The zero-order valence-corrected chi connectivity index (χ0v) is 14.7. The number of aromatic nitrogens is 4. The van der Waals surface area contributed by atoms with E-state index in [0.29, 0.717) is 28.0 Å². The molecule has 2 aromatic heterocycles. The van der Waals surface area contributed by atoms with E-state index in [4.69, 9.17) is 23.2 Å². The van der Waals surface area contributed by atoms with Gasteiger partial charge in [-0.3, -0.25) is 14.2 Å². The lowest BCUT2D eigenvalue weighted by Gasteiger charge is -2.05. The van der Waals surface area contributed by atoms with Crippen LogP contribution in [0.25, 0.3) is 0 Å². The Balaban J connectivity index is 1.62. The zero-order valence-electron chi connectivity index (χ0n) is 13.2. The molecule has 0 aliphatic heterocycles. The monoisotopic (exact) mass is 381 g/mol. The SMILES string of the molecule is Cc1nn(CC(=O)Nc2cnn(Cc3ccc(F)cc3Cl)c2)cc1Cl. The Morgan fingerprint density at radius 3 is 2.72 bits per heavy atom. The second kappa shape index (κ2) is 7.25. The number of hydrogen-bond donors (Lipinski definition) is 1. The number of halogens is 3. The van der Waals surface area contributed by atoms with E-state index >= 15 is 0 Å². The molecule has 9 heteroatoms. The number of nitrogens with zero attached hydrogens (tertiary/aromatic N) is 4. The lowest BCUT2D eigenvalue weighted by atomic mass is 10.2. The molecule has 0 saturated carbocycles. The molecule has 0 atom stereocenters. The van der Waals surface area contributed by atoms with E-state index in [-0.39, 0.29) is 12.5 Å². The highest BCUT2D eigenvalue weighted by atomic mass is 35.5. The first-order valence-corrected chi connectivity index (χ1v) is 8.12. The fourth-order valence-electron chi connectivity index (χ4n) is 2.26. The van der Waals surface area contributed by atoms with Gasteiger partial charge in [0.1, 0.15) is 12.4 Å². The zero-order chi connectivity index (χ0) is 18.0. The summed E-state index contributed by atoms with van der Waals surface area (Å²) in [5, 5.41) is 11.9. The summed E-state index contributed by atoms with van der Waals surface area (Å²) in [4.78, 5) is 12.0. The third kappa shape index (κ3) is 4.37. The smallest absolute Gasteiger partial charge is 0.246 e. The molecule has 25 heavy (non-hydrogen) atoms. The number of anilines is 1. The molecule has 3 rings (SSSR count). The van der Waals surface area contributed by atoms with E-state index in [1.807, 2.05) is 0 Å². The Morgan fingerprint density at radius 2 is 2.04 bits per heavy atom. The molecule has 6 nitrogen and oxygen atoms in total. The summed E-state index contributed by atoms with van der Waals surface area (Å²) in [6.07, 6.45) is 4.78. The molecule has 0 spiro atoms. The molecule has 0 aliphatic rings. The van der Waals surface area contributed by atoms with Gasteiger partial charge in [0.25, 0.3) is 0 Å². The van der Waals surface area contributed by atoms with Gasteiger partial charge in [-0.1, -0.05) is 29.3 Å². The number of benzene rings is 1. The summed E-state index contributed by atoms with van der Waals surface area (Å²) in [5.41, 5.74) is 1.93. The fraction of sp³-hybridized carbons (Fsp3) is 0.188. The first-order chi connectivity index (χ1) is 11.9. The third-order valence-corrected chi connectivity index (χ3v) is 4.18. The number of hydrogen-bond acceptors (Lipinski definition) is 3. The van der Waals surface area contributed by atoms with E-state index in [2.05, 4.69) is 15.5 Å². The molecular formula is C16H14Cl2FN5O. The molecule has 0 fully saturated rings. The minimum atomic E-state index is -0.392. The van der Waals surface area contributed by atoms with Gasteiger partial charge in [-0.15, -0.1) is 0 Å². The van der Waals surface area contributed by atoms with Crippen molar-refractivity contribution in [3.63, 3.8) is 0 Å². The standard InChI is InChI=1S/C16H14Cl2FN5O/c1-10-15(18)8-24(22-10)9-16(25)21-13-5-20-23(7-13)6-11-2-3-12(19)4-14(11)17/h2-5,7-8H,6,9H2,1H3,(H,21,25). The van der Waals surface area contributed by atoms with Crippen molar-refractivity contribution in [1.82, 2.24) is 19.6 Å². The molecule has 1 aromatic carbocycles. The minimum Gasteiger partial charge on any atom is -0.322 e. The van der Waals surface area contributed by atoms with Gasteiger partial charge in [0.15, 0.2) is 0 Å². The highest BCUT2D eigenvalue weighted by Crippen LogP contribution is 2.19. The van der Waals surface area contributed by atoms with Gasteiger partial charge in [0, 0.05) is 17.4 Å². The van der Waals surface area contributed by atoms with Crippen LogP contribution < -0.4 is 5.32 Å². The number of rotatable bonds is 5. The molecule has 0 saturated heterocycles. The van der Waals surface area contributed by atoms with Gasteiger partial charge in [0.05, 0.1) is 29.1 Å². The lowest BCUT2D eigenvalue weighted by Crippen LogP contribution is -2.18. The summed E-state index contributed by atoms with van der Waals surface area (Å²) in [6.45, 7) is 2.17. The predicted molar refractivity (Wildman–Crippen MR) is 93.3 cm³/mol. The van der Waals surface area contributed by atoms with E-state index in [9.17, 15) is 9.18 Å².